The van der Waals surface area contributed by atoms with Gasteiger partial charge in [0.05, 0.1) is 16.7 Å². The fourth-order valence-electron chi connectivity index (χ4n) is 2.57. The van der Waals surface area contributed by atoms with Crippen LogP contribution in [-0.4, -0.2) is 0 Å². The number of hydrogen-bond donors (Lipinski definition) is 0. The van der Waals surface area contributed by atoms with Crippen molar-refractivity contribution in [3.63, 3.8) is 0 Å². The molecule has 0 N–H and O–H groups in total. The topological polar surface area (TPSA) is 33.0 Å². The molecule has 0 aromatic heterocycles. The minimum Gasteiger partial charge on any atom is -0.487 e. The van der Waals surface area contributed by atoms with E-state index >= 15 is 0 Å². The average molecular weight is 378 g/mol. The molecule has 134 valence electrons. The van der Waals surface area contributed by atoms with Gasteiger partial charge in [-0.3, -0.25) is 0 Å². The summed E-state index contributed by atoms with van der Waals surface area (Å²) in [5.41, 5.74) is 3.78. The number of ether oxygens (including phenoxy) is 1. The fourth-order valence-corrected chi connectivity index (χ4v) is 2.82. The Hall–Kier alpha value is -3.09. The zero-order valence-electron chi connectivity index (χ0n) is 14.7. The van der Waals surface area contributed by atoms with Gasteiger partial charge in [0.15, 0.2) is 0 Å². The van der Waals surface area contributed by atoms with Gasteiger partial charge in [0, 0.05) is 5.56 Å². The van der Waals surface area contributed by atoms with Gasteiger partial charge in [-0.25, -0.2) is 4.39 Å². The van der Waals surface area contributed by atoms with E-state index in [9.17, 15) is 9.65 Å². The summed E-state index contributed by atoms with van der Waals surface area (Å²) in [5.74, 6) is 0.149. The van der Waals surface area contributed by atoms with Crippen LogP contribution in [0.15, 0.2) is 66.7 Å². The number of allylic oxidation sites excluding steroid dienone is 1. The Morgan fingerprint density at radius 1 is 1.11 bits per heavy atom. The van der Waals surface area contributed by atoms with Crippen molar-refractivity contribution in [1.29, 1.82) is 5.26 Å². The van der Waals surface area contributed by atoms with E-state index in [1.54, 1.807) is 36.4 Å². The molecule has 3 aromatic rings. The maximum absolute atomic E-state index is 13.7. The van der Waals surface area contributed by atoms with E-state index in [1.807, 2.05) is 37.3 Å². The number of hydrogen-bond acceptors (Lipinski definition) is 2. The van der Waals surface area contributed by atoms with E-state index in [0.717, 1.165) is 16.7 Å². The lowest BCUT2D eigenvalue weighted by Crippen LogP contribution is -1.98. The standard InChI is InChI=1S/C23H17ClFNO/c1-16-6-9-18(10-7-16)20(14-26)12-17-8-11-23(21(24)13-17)27-15-19-4-2-3-5-22(19)25/h2-13H,15H2,1H3/b20-12+. The Labute approximate surface area is 163 Å². The zero-order chi connectivity index (χ0) is 19.2. The quantitative estimate of drug-likeness (QED) is 0.379. The third-order valence-corrected chi connectivity index (χ3v) is 4.39. The summed E-state index contributed by atoms with van der Waals surface area (Å²) in [6.07, 6.45) is 1.77. The molecule has 3 aromatic carbocycles. The lowest BCUT2D eigenvalue weighted by molar-refractivity contribution is 0.300. The number of nitrogens with zero attached hydrogens (tertiary/aromatic N) is 1. The Balaban J connectivity index is 1.78. The van der Waals surface area contributed by atoms with Crippen molar-refractivity contribution < 1.29 is 9.13 Å². The first-order valence-corrected chi connectivity index (χ1v) is 8.79. The summed E-state index contributed by atoms with van der Waals surface area (Å²) in [6, 6.07) is 21.7. The molecule has 3 rings (SSSR count). The summed E-state index contributed by atoms with van der Waals surface area (Å²) >= 11 is 6.30. The van der Waals surface area contributed by atoms with Gasteiger partial charge in [0.2, 0.25) is 0 Å². The maximum atomic E-state index is 13.7. The molecule has 27 heavy (non-hydrogen) atoms. The first-order chi connectivity index (χ1) is 13.1. The lowest BCUT2D eigenvalue weighted by Gasteiger charge is -2.09. The molecule has 0 fully saturated rings. The van der Waals surface area contributed by atoms with Gasteiger partial charge in [0.1, 0.15) is 18.2 Å². The van der Waals surface area contributed by atoms with Crippen LogP contribution in [-0.2, 0) is 6.61 Å². The Bertz CT molecular complexity index is 1020. The van der Waals surface area contributed by atoms with Crippen LogP contribution < -0.4 is 4.74 Å². The molecule has 4 heteroatoms. The number of benzene rings is 3. The normalized spacial score (nSPS) is 11.1. The van der Waals surface area contributed by atoms with Crippen molar-refractivity contribution in [3.8, 4) is 11.8 Å². The van der Waals surface area contributed by atoms with Crippen LogP contribution in [0, 0.1) is 24.1 Å². The maximum Gasteiger partial charge on any atom is 0.138 e. The van der Waals surface area contributed by atoms with Crippen molar-refractivity contribution in [2.45, 2.75) is 13.5 Å². The molecule has 0 atom stereocenters. The number of halogens is 2. The van der Waals surface area contributed by atoms with Crippen molar-refractivity contribution in [2.75, 3.05) is 0 Å². The average Bonchev–Trinajstić information content (AvgIpc) is 2.67. The highest BCUT2D eigenvalue weighted by atomic mass is 35.5. The molecular formula is C23H17ClFNO. The van der Waals surface area contributed by atoms with Crippen molar-refractivity contribution in [2.24, 2.45) is 0 Å². The van der Waals surface area contributed by atoms with Crippen LogP contribution in [0.25, 0.3) is 11.6 Å². The molecule has 0 unspecified atom stereocenters. The molecule has 0 radical (unpaired) electrons. The number of aryl methyl sites for hydroxylation is 1. The van der Waals surface area contributed by atoms with Gasteiger partial charge in [-0.15, -0.1) is 0 Å². The van der Waals surface area contributed by atoms with Gasteiger partial charge in [-0.2, -0.15) is 5.26 Å². The van der Waals surface area contributed by atoms with E-state index < -0.39 is 0 Å². The zero-order valence-corrected chi connectivity index (χ0v) is 15.5. The second kappa shape index (κ2) is 8.53. The van der Waals surface area contributed by atoms with E-state index in [-0.39, 0.29) is 12.4 Å². The highest BCUT2D eigenvalue weighted by Crippen LogP contribution is 2.28. The van der Waals surface area contributed by atoms with Crippen molar-refractivity contribution >= 4 is 23.3 Å². The Kier molecular flexibility index (Phi) is 5.90. The van der Waals surface area contributed by atoms with Crippen molar-refractivity contribution in [1.82, 2.24) is 0 Å². The van der Waals surface area contributed by atoms with E-state index in [2.05, 4.69) is 6.07 Å². The summed E-state index contributed by atoms with van der Waals surface area (Å²) in [4.78, 5) is 0. The van der Waals surface area contributed by atoms with Crippen molar-refractivity contribution in [3.05, 3.63) is 99.8 Å². The molecule has 0 aliphatic carbocycles. The second-order valence-corrected chi connectivity index (χ2v) is 6.51. The van der Waals surface area contributed by atoms with Gasteiger partial charge in [-0.1, -0.05) is 65.7 Å². The highest BCUT2D eigenvalue weighted by molar-refractivity contribution is 6.32. The molecule has 0 saturated carbocycles. The first-order valence-electron chi connectivity index (χ1n) is 8.41. The van der Waals surface area contributed by atoms with Gasteiger partial charge < -0.3 is 4.74 Å². The second-order valence-electron chi connectivity index (χ2n) is 6.11. The lowest BCUT2D eigenvalue weighted by atomic mass is 10.0. The molecule has 0 aliphatic heterocycles. The van der Waals surface area contributed by atoms with Gasteiger partial charge in [-0.05, 0) is 42.3 Å². The molecule has 0 heterocycles. The van der Waals surface area contributed by atoms with Gasteiger partial charge >= 0.3 is 0 Å². The molecule has 0 spiro atoms. The summed E-state index contributed by atoms with van der Waals surface area (Å²) in [7, 11) is 0. The molecule has 0 aliphatic rings. The minimum atomic E-state index is -0.315. The third-order valence-electron chi connectivity index (χ3n) is 4.09. The largest absolute Gasteiger partial charge is 0.487 e. The molecule has 0 bridgehead atoms. The van der Waals surface area contributed by atoms with E-state index in [0.29, 0.717) is 21.9 Å². The number of rotatable bonds is 5. The molecule has 2 nitrogen and oxygen atoms in total. The SMILES string of the molecule is Cc1ccc(/C(C#N)=C/c2ccc(OCc3ccccc3F)c(Cl)c2)cc1. The Morgan fingerprint density at radius 3 is 2.52 bits per heavy atom. The minimum absolute atomic E-state index is 0.0917. The number of nitriles is 1. The first kappa shape index (κ1) is 18.7. The predicted octanol–water partition coefficient (Wildman–Crippen LogP) is 6.43. The fraction of sp³-hybridized carbons (Fsp3) is 0.0870. The van der Waals surface area contributed by atoms with Crippen LogP contribution in [0.4, 0.5) is 4.39 Å². The van der Waals surface area contributed by atoms with Crippen LogP contribution >= 0.6 is 11.6 Å². The summed E-state index contributed by atoms with van der Waals surface area (Å²) in [6.45, 7) is 2.09. The van der Waals surface area contributed by atoms with Crippen LogP contribution in [0.3, 0.4) is 0 Å². The van der Waals surface area contributed by atoms with E-state index in [4.69, 9.17) is 16.3 Å². The Morgan fingerprint density at radius 2 is 1.85 bits per heavy atom. The van der Waals surface area contributed by atoms with Crippen LogP contribution in [0.5, 0.6) is 5.75 Å². The molecule has 0 amide bonds. The van der Waals surface area contributed by atoms with Crippen LogP contribution in [0.1, 0.15) is 22.3 Å². The molecule has 0 saturated heterocycles. The van der Waals surface area contributed by atoms with Gasteiger partial charge in [0.25, 0.3) is 0 Å². The van der Waals surface area contributed by atoms with Crippen LogP contribution in [0.2, 0.25) is 5.02 Å². The predicted molar refractivity (Wildman–Crippen MR) is 107 cm³/mol. The third kappa shape index (κ3) is 4.75. The smallest absolute Gasteiger partial charge is 0.138 e. The summed E-state index contributed by atoms with van der Waals surface area (Å²) < 4.78 is 19.3. The summed E-state index contributed by atoms with van der Waals surface area (Å²) in [5, 5.41) is 9.86. The molecular weight excluding hydrogens is 361 g/mol. The highest BCUT2D eigenvalue weighted by Gasteiger charge is 2.07. The van der Waals surface area contributed by atoms with E-state index in [1.165, 1.54) is 6.07 Å². The monoisotopic (exact) mass is 377 g/mol.